The van der Waals surface area contributed by atoms with Crippen molar-refractivity contribution in [3.63, 3.8) is 0 Å². The molecule has 0 aliphatic heterocycles. The molecule has 1 aromatic rings. The second-order valence-electron chi connectivity index (χ2n) is 5.85. The first-order valence-corrected chi connectivity index (χ1v) is 10.3. The Morgan fingerprint density at radius 3 is 2.76 bits per heavy atom. The van der Waals surface area contributed by atoms with Gasteiger partial charge in [0.1, 0.15) is 4.21 Å². The molecule has 0 bridgehead atoms. The molecule has 4 nitrogen and oxygen atoms in total. The quantitative estimate of drug-likeness (QED) is 0.845. The molecular weight excluding hydrogens is 330 g/mol. The Balaban J connectivity index is 1.99. The minimum Gasteiger partial charge on any atom is -0.352 e. The van der Waals surface area contributed by atoms with Crippen LogP contribution in [0.3, 0.4) is 0 Å². The predicted molar refractivity (Wildman–Crippen MR) is 85.6 cm³/mol. The van der Waals surface area contributed by atoms with E-state index in [-0.39, 0.29) is 10.1 Å². The maximum Gasteiger partial charge on any atom is 0.271 e. The third kappa shape index (κ3) is 4.20. The number of halogens is 1. The SMILES string of the molecule is Cc1c(C(=O)NCC2CCCC(C)C2)csc1S(=O)(=O)Cl. The molecule has 0 saturated heterocycles. The summed E-state index contributed by atoms with van der Waals surface area (Å²) in [6.45, 7) is 4.51. The van der Waals surface area contributed by atoms with Crippen molar-refractivity contribution in [3.8, 4) is 0 Å². The van der Waals surface area contributed by atoms with Crippen LogP contribution in [0.2, 0.25) is 0 Å². The summed E-state index contributed by atoms with van der Waals surface area (Å²) in [4.78, 5) is 12.2. The van der Waals surface area contributed by atoms with Gasteiger partial charge in [0.2, 0.25) is 0 Å². The first-order valence-electron chi connectivity index (χ1n) is 7.10. The van der Waals surface area contributed by atoms with Crippen LogP contribution in [0.4, 0.5) is 0 Å². The molecule has 1 aromatic heterocycles. The topological polar surface area (TPSA) is 63.2 Å². The highest BCUT2D eigenvalue weighted by Gasteiger charge is 2.23. The molecule has 1 heterocycles. The number of amides is 1. The highest BCUT2D eigenvalue weighted by atomic mass is 35.7. The molecule has 2 rings (SSSR count). The lowest BCUT2D eigenvalue weighted by atomic mass is 9.82. The van der Waals surface area contributed by atoms with Gasteiger partial charge in [-0.3, -0.25) is 4.79 Å². The van der Waals surface area contributed by atoms with Crippen molar-refractivity contribution in [3.05, 3.63) is 16.5 Å². The van der Waals surface area contributed by atoms with Crippen molar-refractivity contribution in [1.82, 2.24) is 5.32 Å². The number of hydrogen-bond donors (Lipinski definition) is 1. The van der Waals surface area contributed by atoms with E-state index in [1.54, 1.807) is 12.3 Å². The van der Waals surface area contributed by atoms with Gasteiger partial charge in [0.05, 0.1) is 5.56 Å². The van der Waals surface area contributed by atoms with E-state index in [0.29, 0.717) is 23.6 Å². The lowest BCUT2D eigenvalue weighted by Gasteiger charge is -2.26. The fourth-order valence-electron chi connectivity index (χ4n) is 2.94. The molecule has 7 heteroatoms. The molecular formula is C14H20ClNO3S2. The Bertz CT molecular complexity index is 624. The number of rotatable bonds is 4. The minimum absolute atomic E-state index is 0.0561. The van der Waals surface area contributed by atoms with E-state index in [1.807, 2.05) is 0 Å². The van der Waals surface area contributed by atoms with Crippen molar-refractivity contribution in [2.24, 2.45) is 11.8 Å². The molecule has 1 aliphatic carbocycles. The van der Waals surface area contributed by atoms with Gasteiger partial charge in [-0.25, -0.2) is 8.42 Å². The average Bonchev–Trinajstić information content (AvgIpc) is 2.78. The monoisotopic (exact) mass is 349 g/mol. The molecule has 2 atom stereocenters. The van der Waals surface area contributed by atoms with Crippen molar-refractivity contribution >= 4 is 37.0 Å². The molecule has 21 heavy (non-hydrogen) atoms. The maximum absolute atomic E-state index is 12.2. The number of carbonyl (C=O) groups excluding carboxylic acids is 1. The smallest absolute Gasteiger partial charge is 0.271 e. The Morgan fingerprint density at radius 2 is 2.19 bits per heavy atom. The molecule has 1 saturated carbocycles. The van der Waals surface area contributed by atoms with E-state index >= 15 is 0 Å². The highest BCUT2D eigenvalue weighted by Crippen LogP contribution is 2.30. The van der Waals surface area contributed by atoms with Crippen LogP contribution in [-0.2, 0) is 9.05 Å². The fraction of sp³-hybridized carbons (Fsp3) is 0.643. The van der Waals surface area contributed by atoms with Gasteiger partial charge in [0, 0.05) is 22.6 Å². The van der Waals surface area contributed by atoms with E-state index < -0.39 is 9.05 Å². The first kappa shape index (κ1) is 16.8. The van der Waals surface area contributed by atoms with E-state index in [9.17, 15) is 13.2 Å². The second kappa shape index (κ2) is 6.67. The third-order valence-electron chi connectivity index (χ3n) is 4.06. The summed E-state index contributed by atoms with van der Waals surface area (Å²) < 4.78 is 22.8. The largest absolute Gasteiger partial charge is 0.352 e. The Labute approximate surface area is 134 Å². The van der Waals surface area contributed by atoms with Gasteiger partial charge in [-0.05, 0) is 37.2 Å². The normalized spacial score (nSPS) is 23.0. The number of hydrogen-bond acceptors (Lipinski definition) is 4. The van der Waals surface area contributed by atoms with Gasteiger partial charge in [-0.15, -0.1) is 11.3 Å². The van der Waals surface area contributed by atoms with Crippen LogP contribution in [0.15, 0.2) is 9.59 Å². The number of carbonyl (C=O) groups is 1. The van der Waals surface area contributed by atoms with Crippen LogP contribution in [0, 0.1) is 18.8 Å². The van der Waals surface area contributed by atoms with E-state index in [4.69, 9.17) is 10.7 Å². The van der Waals surface area contributed by atoms with Crippen molar-refractivity contribution in [2.45, 2.75) is 43.7 Å². The first-order chi connectivity index (χ1) is 9.79. The molecule has 0 radical (unpaired) electrons. The molecule has 118 valence electrons. The van der Waals surface area contributed by atoms with Gasteiger partial charge < -0.3 is 5.32 Å². The average molecular weight is 350 g/mol. The number of thiophene rings is 1. The van der Waals surface area contributed by atoms with Gasteiger partial charge in [0.25, 0.3) is 15.0 Å². The van der Waals surface area contributed by atoms with Crippen LogP contribution in [0.5, 0.6) is 0 Å². The Hall–Kier alpha value is -0.590. The van der Waals surface area contributed by atoms with E-state index in [1.165, 1.54) is 12.8 Å². The standard InChI is InChI=1S/C14H20ClNO3S2/c1-9-4-3-5-11(6-9)7-16-13(17)12-8-20-14(10(12)2)21(15,18)19/h8-9,11H,3-7H2,1-2H3,(H,16,17). The van der Waals surface area contributed by atoms with E-state index in [2.05, 4.69) is 12.2 Å². The zero-order chi connectivity index (χ0) is 15.6. The molecule has 0 spiro atoms. The second-order valence-corrected chi connectivity index (χ2v) is 9.49. The molecule has 1 N–H and O–H groups in total. The number of nitrogens with one attached hydrogen (secondary N) is 1. The summed E-state index contributed by atoms with van der Waals surface area (Å²) in [5.41, 5.74) is 0.840. The highest BCUT2D eigenvalue weighted by molar-refractivity contribution is 8.15. The summed E-state index contributed by atoms with van der Waals surface area (Å²) in [5.74, 6) is 1.03. The maximum atomic E-state index is 12.2. The summed E-state index contributed by atoms with van der Waals surface area (Å²) in [5, 5.41) is 4.48. The van der Waals surface area contributed by atoms with Crippen LogP contribution in [0.25, 0.3) is 0 Å². The lowest BCUT2D eigenvalue weighted by Crippen LogP contribution is -2.31. The van der Waals surface area contributed by atoms with Gasteiger partial charge >= 0.3 is 0 Å². The van der Waals surface area contributed by atoms with Gasteiger partial charge in [0.15, 0.2) is 0 Å². The van der Waals surface area contributed by atoms with Crippen LogP contribution >= 0.6 is 22.0 Å². The molecule has 1 amide bonds. The molecule has 2 unspecified atom stereocenters. The minimum atomic E-state index is -3.78. The summed E-state index contributed by atoms with van der Waals surface area (Å²) in [7, 11) is 1.57. The zero-order valence-corrected chi connectivity index (χ0v) is 14.6. The van der Waals surface area contributed by atoms with Gasteiger partial charge in [-0.1, -0.05) is 19.8 Å². The Kier molecular flexibility index (Phi) is 5.33. The summed E-state index contributed by atoms with van der Waals surface area (Å²) in [6.07, 6.45) is 4.78. The Morgan fingerprint density at radius 1 is 1.48 bits per heavy atom. The zero-order valence-electron chi connectivity index (χ0n) is 12.2. The lowest BCUT2D eigenvalue weighted by molar-refractivity contribution is 0.0940. The molecule has 0 aromatic carbocycles. The van der Waals surface area contributed by atoms with Crippen molar-refractivity contribution in [2.75, 3.05) is 6.54 Å². The predicted octanol–water partition coefficient (Wildman–Crippen LogP) is 3.54. The summed E-state index contributed by atoms with van der Waals surface area (Å²) >= 11 is 0.993. The molecule has 1 aliphatic rings. The third-order valence-corrected chi connectivity index (χ3v) is 7.36. The van der Waals surface area contributed by atoms with Crippen LogP contribution in [-0.4, -0.2) is 20.9 Å². The van der Waals surface area contributed by atoms with Crippen molar-refractivity contribution in [1.29, 1.82) is 0 Å². The van der Waals surface area contributed by atoms with Gasteiger partial charge in [-0.2, -0.15) is 0 Å². The fourth-order valence-corrected chi connectivity index (χ4v) is 5.49. The van der Waals surface area contributed by atoms with Crippen LogP contribution < -0.4 is 5.32 Å². The van der Waals surface area contributed by atoms with Crippen molar-refractivity contribution < 1.29 is 13.2 Å². The van der Waals surface area contributed by atoms with Crippen LogP contribution in [0.1, 0.15) is 48.5 Å². The van der Waals surface area contributed by atoms with E-state index in [0.717, 1.165) is 30.1 Å². The summed E-state index contributed by atoms with van der Waals surface area (Å²) in [6, 6.07) is 0. The molecule has 1 fully saturated rings.